The van der Waals surface area contributed by atoms with Gasteiger partial charge in [-0.05, 0) is 119 Å². The topological polar surface area (TPSA) is 181 Å². The largest absolute Gasteiger partial charge is 0.488 e. The molecule has 0 bridgehead atoms. The minimum Gasteiger partial charge on any atom is -0.488 e. The molecule has 4 aliphatic heterocycles. The van der Waals surface area contributed by atoms with E-state index in [4.69, 9.17) is 26.8 Å². The molecular formula is C57H64ClF4N7O7. The van der Waals surface area contributed by atoms with Crippen LogP contribution in [0, 0.1) is 35.1 Å². The summed E-state index contributed by atoms with van der Waals surface area (Å²) in [7, 11) is 1.59. The molecule has 19 heteroatoms. The highest BCUT2D eigenvalue weighted by atomic mass is 35.5. The zero-order chi connectivity index (χ0) is 53.6. The van der Waals surface area contributed by atoms with Crippen LogP contribution in [0.2, 0.25) is 5.02 Å². The number of primary amides is 1. The van der Waals surface area contributed by atoms with Crippen LogP contribution >= 0.6 is 11.6 Å². The van der Waals surface area contributed by atoms with E-state index in [2.05, 4.69) is 20.6 Å². The lowest BCUT2D eigenvalue weighted by atomic mass is 9.77. The highest BCUT2D eigenvalue weighted by molar-refractivity contribution is 6.34. The molecule has 5 aliphatic rings. The van der Waals surface area contributed by atoms with Gasteiger partial charge in [0.15, 0.2) is 23.0 Å². The number of carbonyl (C=O) groups excluding carboxylic acids is 4. The summed E-state index contributed by atoms with van der Waals surface area (Å²) in [5, 5.41) is 19.7. The first-order valence-electron chi connectivity index (χ1n) is 26.6. The number of carbonyl (C=O) groups is 4. The molecule has 4 aromatic carbocycles. The zero-order valence-electron chi connectivity index (χ0n) is 42.7. The number of piperidine rings is 3. The Kier molecular flexibility index (Phi) is 15.5. The average molecular weight is 1070 g/mol. The third-order valence-electron chi connectivity index (χ3n) is 17.0. The lowest BCUT2D eigenvalue weighted by Crippen LogP contribution is -2.49. The molecule has 5 N–H and O–H groups in total. The van der Waals surface area contributed by atoms with Gasteiger partial charge in [-0.3, -0.25) is 29.2 Å². The van der Waals surface area contributed by atoms with Gasteiger partial charge in [-0.15, -0.1) is 0 Å². The van der Waals surface area contributed by atoms with Gasteiger partial charge in [0, 0.05) is 84.7 Å². The van der Waals surface area contributed by atoms with Crippen LogP contribution in [-0.2, 0) is 27.0 Å². The van der Waals surface area contributed by atoms with Crippen LogP contribution in [0.15, 0.2) is 54.6 Å². The Labute approximate surface area is 443 Å². The molecule has 3 saturated heterocycles. The molecule has 14 nitrogen and oxygen atoms in total. The molecule has 404 valence electrons. The van der Waals surface area contributed by atoms with Crippen LogP contribution < -0.4 is 25.8 Å². The van der Waals surface area contributed by atoms with E-state index in [-0.39, 0.29) is 106 Å². The number of fused-ring (bicyclic) bond motifs is 2. The van der Waals surface area contributed by atoms with Crippen molar-refractivity contribution in [3.63, 3.8) is 0 Å². The van der Waals surface area contributed by atoms with E-state index in [1.807, 2.05) is 42.2 Å². The average Bonchev–Trinajstić information content (AvgIpc) is 3.95. The number of hydrogen-bond acceptors (Lipinski definition) is 10. The van der Waals surface area contributed by atoms with Gasteiger partial charge < -0.3 is 35.4 Å². The van der Waals surface area contributed by atoms with E-state index in [0.29, 0.717) is 63.3 Å². The summed E-state index contributed by atoms with van der Waals surface area (Å²) in [6.07, 6.45) is 7.32. The van der Waals surface area contributed by atoms with Gasteiger partial charge in [0.2, 0.25) is 23.6 Å². The normalized spacial score (nSPS) is 23.7. The fourth-order valence-corrected chi connectivity index (χ4v) is 13.1. The molecule has 76 heavy (non-hydrogen) atoms. The summed E-state index contributed by atoms with van der Waals surface area (Å²) >= 11 is 6.72. The SMILES string of the molecule is C[C@H]1c2c(cc(F)c(Cl)c2-c2c(C(N)=O)ccc(OCCO)c2F)O[C@]1(CNC1CCC(C(=O)N2CCC(CCN3CCC(c4c(F)cc5c(C6CCC(=O)NC6=O)nn(C)c5c4F)CC3)CC2)CC1)c1ccccc1. The summed E-state index contributed by atoms with van der Waals surface area (Å²) in [4.78, 5) is 55.5. The lowest BCUT2D eigenvalue weighted by Gasteiger charge is -2.39. The van der Waals surface area contributed by atoms with Crippen molar-refractivity contribution in [1.29, 1.82) is 0 Å². The fourth-order valence-electron chi connectivity index (χ4n) is 12.8. The van der Waals surface area contributed by atoms with E-state index in [9.17, 15) is 24.3 Å². The van der Waals surface area contributed by atoms with Crippen LogP contribution in [0.25, 0.3) is 22.0 Å². The number of hydrogen-bond donors (Lipinski definition) is 4. The molecule has 1 unspecified atom stereocenters. The monoisotopic (exact) mass is 1070 g/mol. The quantitative estimate of drug-likeness (QED) is 0.0587. The molecule has 1 saturated carbocycles. The summed E-state index contributed by atoms with van der Waals surface area (Å²) in [5.41, 5.74) is 5.71. The molecule has 0 spiro atoms. The fraction of sp³-hybridized carbons (Fsp3) is 0.491. The number of imide groups is 1. The first-order valence-corrected chi connectivity index (χ1v) is 27.0. The van der Waals surface area contributed by atoms with Crippen molar-refractivity contribution in [2.45, 2.75) is 107 Å². The van der Waals surface area contributed by atoms with Crippen LogP contribution in [0.3, 0.4) is 0 Å². The first kappa shape index (κ1) is 53.3. The third kappa shape index (κ3) is 10.1. The van der Waals surface area contributed by atoms with Crippen LogP contribution in [0.4, 0.5) is 17.6 Å². The van der Waals surface area contributed by atoms with Crippen LogP contribution in [-0.4, -0.2) is 107 Å². The number of nitrogens with two attached hydrogens (primary N) is 1. The van der Waals surface area contributed by atoms with E-state index in [1.54, 1.807) is 7.05 Å². The second-order valence-electron chi connectivity index (χ2n) is 21.4. The summed E-state index contributed by atoms with van der Waals surface area (Å²) in [6.45, 7) is 5.27. The molecule has 4 fully saturated rings. The predicted octanol–water partition coefficient (Wildman–Crippen LogP) is 8.49. The Morgan fingerprint density at radius 3 is 2.32 bits per heavy atom. The minimum absolute atomic E-state index is 0.0434. The number of aliphatic hydroxyl groups excluding tert-OH is 1. The number of aromatic nitrogens is 2. The van der Waals surface area contributed by atoms with Crippen LogP contribution in [0.5, 0.6) is 11.5 Å². The number of likely N-dealkylation sites (tertiary alicyclic amines) is 2. The van der Waals surface area contributed by atoms with Crippen molar-refractivity contribution in [1.82, 2.24) is 30.2 Å². The molecule has 1 aromatic heterocycles. The van der Waals surface area contributed by atoms with Gasteiger partial charge in [-0.2, -0.15) is 5.10 Å². The zero-order valence-corrected chi connectivity index (χ0v) is 43.5. The number of benzene rings is 4. The highest BCUT2D eigenvalue weighted by Gasteiger charge is 2.50. The number of ether oxygens (including phenoxy) is 2. The summed E-state index contributed by atoms with van der Waals surface area (Å²) in [5.74, 6) is -6.15. The molecule has 5 aromatic rings. The Morgan fingerprint density at radius 2 is 1.63 bits per heavy atom. The Morgan fingerprint density at radius 1 is 0.908 bits per heavy atom. The molecule has 4 amide bonds. The van der Waals surface area contributed by atoms with Crippen molar-refractivity contribution in [3.8, 4) is 22.6 Å². The maximum absolute atomic E-state index is 16.5. The number of rotatable bonds is 15. The lowest BCUT2D eigenvalue weighted by molar-refractivity contribution is -0.138. The van der Waals surface area contributed by atoms with E-state index >= 15 is 17.6 Å². The molecule has 5 heterocycles. The number of amides is 4. The first-order chi connectivity index (χ1) is 36.6. The Hall–Kier alpha value is -6.08. The predicted molar refractivity (Wildman–Crippen MR) is 277 cm³/mol. The van der Waals surface area contributed by atoms with Gasteiger partial charge in [0.05, 0.1) is 28.8 Å². The van der Waals surface area contributed by atoms with Crippen molar-refractivity contribution in [2.75, 3.05) is 52.5 Å². The minimum atomic E-state index is -1.12. The summed E-state index contributed by atoms with van der Waals surface area (Å²) < 4.78 is 78.0. The Bertz CT molecular complexity index is 3050. The van der Waals surface area contributed by atoms with Gasteiger partial charge in [0.25, 0.3) is 0 Å². The van der Waals surface area contributed by atoms with Gasteiger partial charge in [0.1, 0.15) is 29.5 Å². The standard InChI is InChI=1S/C57H64ClF4N7O7/c1-31-45-43(29-41(60)49(58)48(45)47-37(54(63)72)12-14-42(50(47)61)75-27-26-70)76-57(31,35-6-4-3-5-7-35)30-64-36-10-8-34(9-11-36)56(74)69-24-17-32(18-25-69)16-21-68-22-19-33(20-23-68)46-40(59)28-39-52(66-67(2)53(39)51(46)62)38-13-15-44(71)65-55(38)73/h3-7,12,14,28-29,31-34,36,38,64,70H,8-11,13,15-27,30H2,1-2H3,(H2,63,72)(H,65,71,73)/t31-,34?,36?,38?,57-/m0/s1. The van der Waals surface area contributed by atoms with Gasteiger partial charge >= 0.3 is 0 Å². The van der Waals surface area contributed by atoms with Crippen molar-refractivity contribution < 1.29 is 51.3 Å². The van der Waals surface area contributed by atoms with Crippen molar-refractivity contribution in [3.05, 3.63) is 111 Å². The van der Waals surface area contributed by atoms with E-state index in [0.717, 1.165) is 44.2 Å². The molecular weight excluding hydrogens is 1010 g/mol. The maximum atomic E-state index is 16.5. The van der Waals surface area contributed by atoms with E-state index < -0.39 is 64.1 Å². The number of halogens is 5. The molecule has 3 atom stereocenters. The molecule has 10 rings (SSSR count). The molecule has 1 aliphatic carbocycles. The second-order valence-corrected chi connectivity index (χ2v) is 21.8. The van der Waals surface area contributed by atoms with Crippen LogP contribution in [0.1, 0.15) is 128 Å². The van der Waals surface area contributed by atoms with Gasteiger partial charge in [-0.25, -0.2) is 17.6 Å². The number of aryl methyl sites for hydroxylation is 1. The Balaban J connectivity index is 0.722. The highest BCUT2D eigenvalue weighted by Crippen LogP contribution is 2.57. The number of nitrogens with one attached hydrogen (secondary N) is 2. The van der Waals surface area contributed by atoms with Crippen molar-refractivity contribution in [2.24, 2.45) is 24.6 Å². The summed E-state index contributed by atoms with van der Waals surface area (Å²) in [6, 6.07) is 14.5. The second kappa shape index (κ2) is 22.1. The molecule has 0 radical (unpaired) electrons. The third-order valence-corrected chi connectivity index (χ3v) is 17.4. The van der Waals surface area contributed by atoms with Gasteiger partial charge in [-0.1, -0.05) is 48.9 Å². The number of nitrogens with zero attached hydrogens (tertiary/aromatic N) is 4. The van der Waals surface area contributed by atoms with Crippen molar-refractivity contribution >= 4 is 46.1 Å². The van der Waals surface area contributed by atoms with E-state index in [1.165, 1.54) is 28.9 Å². The number of aliphatic hydroxyl groups is 1. The maximum Gasteiger partial charge on any atom is 0.249 e. The smallest absolute Gasteiger partial charge is 0.249 e.